The van der Waals surface area contributed by atoms with E-state index in [-0.39, 0.29) is 0 Å². The molecule has 110 valence electrons. The summed E-state index contributed by atoms with van der Waals surface area (Å²) >= 11 is 4.57. The van der Waals surface area contributed by atoms with Gasteiger partial charge in [-0.05, 0) is 42.8 Å². The SMILES string of the molecule is CCCC1CCC(=O)N(CC2(CS)CCCC2)CC1. The fourth-order valence-electron chi connectivity index (χ4n) is 3.85. The van der Waals surface area contributed by atoms with Crippen LogP contribution in [0.25, 0.3) is 0 Å². The highest BCUT2D eigenvalue weighted by Gasteiger charge is 2.36. The monoisotopic (exact) mass is 283 g/mol. The van der Waals surface area contributed by atoms with E-state index in [2.05, 4.69) is 24.5 Å². The van der Waals surface area contributed by atoms with Crippen LogP contribution in [0.3, 0.4) is 0 Å². The van der Waals surface area contributed by atoms with Crippen molar-refractivity contribution in [1.82, 2.24) is 4.90 Å². The summed E-state index contributed by atoms with van der Waals surface area (Å²) in [5.41, 5.74) is 0.323. The third-order valence-corrected chi connectivity index (χ3v) is 5.82. The summed E-state index contributed by atoms with van der Waals surface area (Å²) in [4.78, 5) is 14.5. The van der Waals surface area contributed by atoms with Crippen LogP contribution in [0.1, 0.15) is 64.7 Å². The van der Waals surface area contributed by atoms with Gasteiger partial charge in [0.2, 0.25) is 5.91 Å². The van der Waals surface area contributed by atoms with Crippen LogP contribution in [0.15, 0.2) is 0 Å². The highest BCUT2D eigenvalue weighted by molar-refractivity contribution is 7.80. The van der Waals surface area contributed by atoms with E-state index >= 15 is 0 Å². The highest BCUT2D eigenvalue weighted by atomic mass is 32.1. The first-order valence-electron chi connectivity index (χ1n) is 8.08. The molecule has 1 saturated heterocycles. The van der Waals surface area contributed by atoms with Gasteiger partial charge >= 0.3 is 0 Å². The first-order chi connectivity index (χ1) is 9.19. The molecule has 1 amide bonds. The van der Waals surface area contributed by atoms with Crippen molar-refractivity contribution in [2.75, 3.05) is 18.8 Å². The lowest BCUT2D eigenvalue weighted by molar-refractivity contribution is -0.132. The average molecular weight is 283 g/mol. The number of likely N-dealkylation sites (tertiary alicyclic amines) is 1. The second-order valence-electron chi connectivity index (χ2n) is 6.66. The number of carbonyl (C=O) groups is 1. The number of rotatable bonds is 5. The van der Waals surface area contributed by atoms with Crippen molar-refractivity contribution >= 4 is 18.5 Å². The van der Waals surface area contributed by atoms with E-state index in [0.717, 1.165) is 37.6 Å². The van der Waals surface area contributed by atoms with Crippen LogP contribution in [0.5, 0.6) is 0 Å². The zero-order chi connectivity index (χ0) is 13.7. The molecular weight excluding hydrogens is 254 g/mol. The van der Waals surface area contributed by atoms with Gasteiger partial charge in [0.15, 0.2) is 0 Å². The van der Waals surface area contributed by atoms with Gasteiger partial charge < -0.3 is 4.90 Å². The normalized spacial score (nSPS) is 27.6. The second-order valence-corrected chi connectivity index (χ2v) is 6.98. The number of nitrogens with zero attached hydrogens (tertiary/aromatic N) is 1. The van der Waals surface area contributed by atoms with Crippen molar-refractivity contribution in [3.63, 3.8) is 0 Å². The van der Waals surface area contributed by atoms with Gasteiger partial charge in [-0.3, -0.25) is 4.79 Å². The predicted molar refractivity (Wildman–Crippen MR) is 83.6 cm³/mol. The molecule has 0 radical (unpaired) electrons. The predicted octanol–water partition coefficient (Wildman–Crippen LogP) is 3.91. The first-order valence-corrected chi connectivity index (χ1v) is 8.71. The van der Waals surface area contributed by atoms with E-state index < -0.39 is 0 Å². The molecule has 2 fully saturated rings. The Morgan fingerprint density at radius 2 is 2.05 bits per heavy atom. The third-order valence-electron chi connectivity index (χ3n) is 5.15. The van der Waals surface area contributed by atoms with E-state index in [1.807, 2.05) is 0 Å². The largest absolute Gasteiger partial charge is 0.342 e. The minimum Gasteiger partial charge on any atom is -0.342 e. The van der Waals surface area contributed by atoms with Gasteiger partial charge in [-0.2, -0.15) is 12.6 Å². The molecule has 2 rings (SSSR count). The maximum absolute atomic E-state index is 12.3. The number of hydrogen-bond donors (Lipinski definition) is 1. The van der Waals surface area contributed by atoms with E-state index in [4.69, 9.17) is 0 Å². The molecule has 0 aromatic heterocycles. The maximum Gasteiger partial charge on any atom is 0.222 e. The lowest BCUT2D eigenvalue weighted by Crippen LogP contribution is -2.41. The van der Waals surface area contributed by atoms with Crippen molar-refractivity contribution in [2.45, 2.75) is 64.7 Å². The zero-order valence-corrected chi connectivity index (χ0v) is 13.3. The molecule has 0 bridgehead atoms. The number of hydrogen-bond acceptors (Lipinski definition) is 2. The van der Waals surface area contributed by atoms with E-state index in [0.29, 0.717) is 11.3 Å². The Morgan fingerprint density at radius 3 is 2.68 bits per heavy atom. The van der Waals surface area contributed by atoms with Crippen LogP contribution in [0.2, 0.25) is 0 Å². The minimum atomic E-state index is 0.323. The molecule has 0 aromatic carbocycles. The van der Waals surface area contributed by atoms with Gasteiger partial charge in [0.05, 0.1) is 0 Å². The van der Waals surface area contributed by atoms with Crippen molar-refractivity contribution in [3.05, 3.63) is 0 Å². The molecule has 19 heavy (non-hydrogen) atoms. The van der Waals surface area contributed by atoms with Gasteiger partial charge in [-0.1, -0.05) is 32.6 Å². The standard InChI is InChI=1S/C16H29NOS/c1-2-5-14-6-7-15(18)17(11-8-14)12-16(13-19)9-3-4-10-16/h14,19H,2-13H2,1H3. The van der Waals surface area contributed by atoms with Crippen LogP contribution in [0, 0.1) is 11.3 Å². The molecule has 1 unspecified atom stereocenters. The lowest BCUT2D eigenvalue weighted by Gasteiger charge is -2.34. The molecule has 1 saturated carbocycles. The van der Waals surface area contributed by atoms with Crippen molar-refractivity contribution in [2.24, 2.45) is 11.3 Å². The second kappa shape index (κ2) is 7.01. The molecule has 1 atom stereocenters. The van der Waals surface area contributed by atoms with Gasteiger partial charge in [0, 0.05) is 19.5 Å². The Bertz CT molecular complexity index is 299. The van der Waals surface area contributed by atoms with E-state index in [1.54, 1.807) is 0 Å². The van der Waals surface area contributed by atoms with Crippen molar-refractivity contribution < 1.29 is 4.79 Å². The number of thiol groups is 1. The molecule has 2 nitrogen and oxygen atoms in total. The fourth-order valence-corrected chi connectivity index (χ4v) is 4.27. The molecule has 0 aromatic rings. The summed E-state index contributed by atoms with van der Waals surface area (Å²) < 4.78 is 0. The molecule has 2 aliphatic rings. The van der Waals surface area contributed by atoms with Gasteiger partial charge in [-0.15, -0.1) is 0 Å². The Hall–Kier alpha value is -0.180. The van der Waals surface area contributed by atoms with E-state index in [1.165, 1.54) is 44.9 Å². The first kappa shape index (κ1) is 15.2. The summed E-state index contributed by atoms with van der Waals surface area (Å²) in [6.07, 6.45) is 10.8. The van der Waals surface area contributed by atoms with Crippen LogP contribution in [-0.2, 0) is 4.79 Å². The summed E-state index contributed by atoms with van der Waals surface area (Å²) in [6, 6.07) is 0. The lowest BCUT2D eigenvalue weighted by atomic mass is 9.87. The van der Waals surface area contributed by atoms with Crippen molar-refractivity contribution in [1.29, 1.82) is 0 Å². The average Bonchev–Trinajstić information content (AvgIpc) is 2.82. The number of amides is 1. The van der Waals surface area contributed by atoms with Gasteiger partial charge in [0.25, 0.3) is 0 Å². The third kappa shape index (κ3) is 3.90. The van der Waals surface area contributed by atoms with Crippen LogP contribution in [0.4, 0.5) is 0 Å². The highest BCUT2D eigenvalue weighted by Crippen LogP contribution is 2.40. The molecule has 3 heteroatoms. The molecule has 1 aliphatic carbocycles. The van der Waals surface area contributed by atoms with E-state index in [9.17, 15) is 4.79 Å². The smallest absolute Gasteiger partial charge is 0.222 e. The minimum absolute atomic E-state index is 0.323. The summed E-state index contributed by atoms with van der Waals surface area (Å²) in [5.74, 6) is 2.11. The quantitative estimate of drug-likeness (QED) is 0.759. The van der Waals surface area contributed by atoms with Gasteiger partial charge in [0.1, 0.15) is 0 Å². The molecule has 0 spiro atoms. The topological polar surface area (TPSA) is 20.3 Å². The van der Waals surface area contributed by atoms with Crippen LogP contribution < -0.4 is 0 Å². The molecular formula is C16H29NOS. The fraction of sp³-hybridized carbons (Fsp3) is 0.938. The molecule has 1 heterocycles. The number of carbonyl (C=O) groups excluding carboxylic acids is 1. The Morgan fingerprint density at radius 1 is 1.32 bits per heavy atom. The Kier molecular flexibility index (Phi) is 5.61. The van der Waals surface area contributed by atoms with Crippen LogP contribution >= 0.6 is 12.6 Å². The summed E-state index contributed by atoms with van der Waals surface area (Å²) in [5, 5.41) is 0. The summed E-state index contributed by atoms with van der Waals surface area (Å²) in [6.45, 7) is 4.20. The maximum atomic E-state index is 12.3. The Balaban J connectivity index is 1.93. The summed E-state index contributed by atoms with van der Waals surface area (Å²) in [7, 11) is 0. The molecule has 0 N–H and O–H groups in total. The zero-order valence-electron chi connectivity index (χ0n) is 12.4. The van der Waals surface area contributed by atoms with Gasteiger partial charge in [-0.25, -0.2) is 0 Å². The molecule has 1 aliphatic heterocycles. The Labute approximate surface area is 123 Å². The van der Waals surface area contributed by atoms with Crippen molar-refractivity contribution in [3.8, 4) is 0 Å². The van der Waals surface area contributed by atoms with Crippen LogP contribution in [-0.4, -0.2) is 29.6 Å².